The van der Waals surface area contributed by atoms with Crippen molar-refractivity contribution in [2.24, 2.45) is 0 Å². The van der Waals surface area contributed by atoms with Crippen molar-refractivity contribution in [3.63, 3.8) is 0 Å². The minimum atomic E-state index is 0.299. The van der Waals surface area contributed by atoms with E-state index in [1.54, 1.807) is 11.3 Å². The summed E-state index contributed by atoms with van der Waals surface area (Å²) in [6.07, 6.45) is 1.91. The van der Waals surface area contributed by atoms with Crippen molar-refractivity contribution < 1.29 is 0 Å². The molecule has 2 atom stereocenters. The zero-order valence-electron chi connectivity index (χ0n) is 9.29. The van der Waals surface area contributed by atoms with Gasteiger partial charge in [0.25, 0.3) is 0 Å². The molecule has 2 unspecified atom stereocenters. The molecule has 0 saturated carbocycles. The number of aryl methyl sites for hydroxylation is 2. The van der Waals surface area contributed by atoms with Gasteiger partial charge in [-0.3, -0.25) is 0 Å². The van der Waals surface area contributed by atoms with Gasteiger partial charge in [0.05, 0.1) is 10.7 Å². The standard InChI is InChI=1S/C11H18N2S/c1-6-7(2)12-8(3)11-9(4)14-10(5)13-11/h6-8,12H,1H2,2-5H3. The Kier molecular flexibility index (Phi) is 3.84. The van der Waals surface area contributed by atoms with Crippen molar-refractivity contribution in [3.05, 3.63) is 28.2 Å². The Bertz CT molecular complexity index is 317. The van der Waals surface area contributed by atoms with Crippen LogP contribution in [0.2, 0.25) is 0 Å². The number of hydrogen-bond acceptors (Lipinski definition) is 3. The summed E-state index contributed by atoms with van der Waals surface area (Å²) in [4.78, 5) is 5.82. The molecule has 0 bridgehead atoms. The van der Waals surface area contributed by atoms with E-state index in [0.29, 0.717) is 12.1 Å². The van der Waals surface area contributed by atoms with Gasteiger partial charge in [0.2, 0.25) is 0 Å². The molecule has 0 spiro atoms. The van der Waals surface area contributed by atoms with Gasteiger partial charge in [0.1, 0.15) is 0 Å². The molecule has 0 aliphatic rings. The highest BCUT2D eigenvalue weighted by Gasteiger charge is 2.13. The fraction of sp³-hybridized carbons (Fsp3) is 0.545. The zero-order valence-corrected chi connectivity index (χ0v) is 10.1. The average Bonchev–Trinajstić information content (AvgIpc) is 2.45. The second-order valence-electron chi connectivity index (χ2n) is 3.59. The first-order valence-corrected chi connectivity index (χ1v) is 5.68. The van der Waals surface area contributed by atoms with Crippen LogP contribution in [0, 0.1) is 13.8 Å². The van der Waals surface area contributed by atoms with Crippen LogP contribution >= 0.6 is 11.3 Å². The Labute approximate surface area is 90.1 Å². The maximum Gasteiger partial charge on any atom is 0.0900 e. The molecular formula is C11H18N2S. The average molecular weight is 210 g/mol. The Morgan fingerprint density at radius 2 is 2.07 bits per heavy atom. The molecule has 78 valence electrons. The van der Waals surface area contributed by atoms with E-state index in [4.69, 9.17) is 0 Å². The van der Waals surface area contributed by atoms with E-state index >= 15 is 0 Å². The van der Waals surface area contributed by atoms with E-state index in [1.807, 2.05) is 13.0 Å². The number of nitrogens with zero attached hydrogens (tertiary/aromatic N) is 1. The molecule has 1 aromatic heterocycles. The monoisotopic (exact) mass is 210 g/mol. The summed E-state index contributed by atoms with van der Waals surface area (Å²) in [5.41, 5.74) is 1.17. The van der Waals surface area contributed by atoms with Crippen LogP contribution in [0.15, 0.2) is 12.7 Å². The summed E-state index contributed by atoms with van der Waals surface area (Å²) >= 11 is 1.76. The summed E-state index contributed by atoms with van der Waals surface area (Å²) < 4.78 is 0. The van der Waals surface area contributed by atoms with Gasteiger partial charge in [-0.05, 0) is 27.7 Å². The molecule has 0 aliphatic heterocycles. The summed E-state index contributed by atoms with van der Waals surface area (Å²) in [5, 5.41) is 4.56. The van der Waals surface area contributed by atoms with Crippen molar-refractivity contribution >= 4 is 11.3 Å². The molecule has 1 heterocycles. The third-order valence-corrected chi connectivity index (χ3v) is 3.12. The molecule has 1 aromatic rings. The van der Waals surface area contributed by atoms with E-state index < -0.39 is 0 Å². The second kappa shape index (κ2) is 4.71. The first kappa shape index (κ1) is 11.4. The lowest BCUT2D eigenvalue weighted by molar-refractivity contribution is 0.526. The number of nitrogens with one attached hydrogen (secondary N) is 1. The maximum atomic E-state index is 4.52. The van der Waals surface area contributed by atoms with Crippen LogP contribution in [0.3, 0.4) is 0 Å². The van der Waals surface area contributed by atoms with E-state index in [0.717, 1.165) is 5.01 Å². The van der Waals surface area contributed by atoms with Crippen molar-refractivity contribution in [1.29, 1.82) is 0 Å². The van der Waals surface area contributed by atoms with Gasteiger partial charge in [0.15, 0.2) is 0 Å². The van der Waals surface area contributed by atoms with E-state index in [-0.39, 0.29) is 0 Å². The predicted molar refractivity (Wildman–Crippen MR) is 62.8 cm³/mol. The van der Waals surface area contributed by atoms with Crippen molar-refractivity contribution in [2.75, 3.05) is 0 Å². The normalized spacial score (nSPS) is 15.1. The highest BCUT2D eigenvalue weighted by Crippen LogP contribution is 2.22. The smallest absolute Gasteiger partial charge is 0.0900 e. The summed E-state index contributed by atoms with van der Waals surface area (Å²) in [5.74, 6) is 0. The van der Waals surface area contributed by atoms with Crippen LogP contribution in [0.5, 0.6) is 0 Å². The first-order valence-electron chi connectivity index (χ1n) is 4.87. The molecule has 0 saturated heterocycles. The minimum absolute atomic E-state index is 0.299. The molecular weight excluding hydrogens is 192 g/mol. The van der Waals surface area contributed by atoms with Gasteiger partial charge in [-0.2, -0.15) is 0 Å². The molecule has 0 amide bonds. The van der Waals surface area contributed by atoms with Gasteiger partial charge >= 0.3 is 0 Å². The van der Waals surface area contributed by atoms with Gasteiger partial charge in [0, 0.05) is 17.0 Å². The Hall–Kier alpha value is -0.670. The fourth-order valence-electron chi connectivity index (χ4n) is 1.49. The number of hydrogen-bond donors (Lipinski definition) is 1. The summed E-state index contributed by atoms with van der Waals surface area (Å²) in [6.45, 7) is 12.2. The van der Waals surface area contributed by atoms with Crippen LogP contribution < -0.4 is 5.32 Å². The molecule has 2 nitrogen and oxygen atoms in total. The van der Waals surface area contributed by atoms with Gasteiger partial charge in [-0.25, -0.2) is 4.98 Å². The highest BCUT2D eigenvalue weighted by molar-refractivity contribution is 7.11. The van der Waals surface area contributed by atoms with Crippen LogP contribution in [-0.2, 0) is 0 Å². The summed E-state index contributed by atoms with van der Waals surface area (Å²) in [7, 11) is 0. The molecule has 0 radical (unpaired) electrons. The molecule has 3 heteroatoms. The molecule has 0 aliphatic carbocycles. The van der Waals surface area contributed by atoms with E-state index in [2.05, 4.69) is 37.7 Å². The lowest BCUT2D eigenvalue weighted by Gasteiger charge is -2.16. The minimum Gasteiger partial charge on any atom is -0.303 e. The Balaban J connectivity index is 2.73. The lowest BCUT2D eigenvalue weighted by atomic mass is 10.2. The lowest BCUT2D eigenvalue weighted by Crippen LogP contribution is -2.27. The fourth-order valence-corrected chi connectivity index (χ4v) is 2.40. The van der Waals surface area contributed by atoms with E-state index in [1.165, 1.54) is 10.6 Å². The van der Waals surface area contributed by atoms with Crippen molar-refractivity contribution in [3.8, 4) is 0 Å². The number of rotatable bonds is 4. The zero-order chi connectivity index (χ0) is 10.7. The molecule has 0 fully saturated rings. The topological polar surface area (TPSA) is 24.9 Å². The largest absolute Gasteiger partial charge is 0.303 e. The van der Waals surface area contributed by atoms with Crippen molar-refractivity contribution in [2.45, 2.75) is 39.8 Å². The number of thiazole rings is 1. The molecule has 0 aromatic carbocycles. The SMILES string of the molecule is C=CC(C)NC(C)c1nc(C)sc1C. The first-order chi connectivity index (χ1) is 6.54. The van der Waals surface area contributed by atoms with Crippen LogP contribution in [0.1, 0.15) is 35.5 Å². The summed E-state index contributed by atoms with van der Waals surface area (Å²) in [6, 6.07) is 0.624. The third-order valence-electron chi connectivity index (χ3n) is 2.22. The maximum absolute atomic E-state index is 4.52. The Morgan fingerprint density at radius 3 is 2.50 bits per heavy atom. The van der Waals surface area contributed by atoms with Gasteiger partial charge < -0.3 is 5.32 Å². The number of aromatic nitrogens is 1. The third kappa shape index (κ3) is 2.66. The van der Waals surface area contributed by atoms with Gasteiger partial charge in [-0.1, -0.05) is 6.08 Å². The molecule has 1 rings (SSSR count). The van der Waals surface area contributed by atoms with Crippen LogP contribution in [-0.4, -0.2) is 11.0 Å². The van der Waals surface area contributed by atoms with Crippen molar-refractivity contribution in [1.82, 2.24) is 10.3 Å². The predicted octanol–water partition coefficient (Wildman–Crippen LogP) is 2.99. The van der Waals surface area contributed by atoms with Crippen LogP contribution in [0.25, 0.3) is 0 Å². The van der Waals surface area contributed by atoms with Gasteiger partial charge in [-0.15, -0.1) is 17.9 Å². The molecule has 1 N–H and O–H groups in total. The second-order valence-corrected chi connectivity index (χ2v) is 4.99. The highest BCUT2D eigenvalue weighted by atomic mass is 32.1. The Morgan fingerprint density at radius 1 is 1.43 bits per heavy atom. The van der Waals surface area contributed by atoms with E-state index in [9.17, 15) is 0 Å². The van der Waals surface area contributed by atoms with Crippen LogP contribution in [0.4, 0.5) is 0 Å². The molecule has 14 heavy (non-hydrogen) atoms. The quantitative estimate of drug-likeness (QED) is 0.773.